The van der Waals surface area contributed by atoms with Gasteiger partial charge in [-0.15, -0.1) is 0 Å². The number of nitrogens with one attached hydrogen (secondary N) is 1. The quantitative estimate of drug-likeness (QED) is 0.914. The number of hydrogen-bond acceptors (Lipinski definition) is 4. The van der Waals surface area contributed by atoms with E-state index in [4.69, 9.17) is 10.00 Å². The maximum atomic E-state index is 13.4. The third-order valence-electron chi connectivity index (χ3n) is 2.59. The van der Waals surface area contributed by atoms with E-state index < -0.39 is 5.82 Å². The summed E-state index contributed by atoms with van der Waals surface area (Å²) < 4.78 is 18.3. The molecule has 0 aliphatic heterocycles. The minimum absolute atomic E-state index is 0.0386. The maximum absolute atomic E-state index is 13.4. The summed E-state index contributed by atoms with van der Waals surface area (Å²) >= 11 is 0. The van der Waals surface area contributed by atoms with Gasteiger partial charge in [0.1, 0.15) is 11.9 Å². The molecule has 0 atom stereocenters. The Labute approximate surface area is 110 Å². The second kappa shape index (κ2) is 5.83. The number of pyridine rings is 1. The number of halogens is 1. The molecule has 1 heterocycles. The standard InChI is InChI=1S/C14H12FN3O/c1-19-14-5-2-10(9-18-14)8-17-12-4-3-11(7-16)13(15)6-12/h2-6,9,17H,8H2,1H3. The van der Waals surface area contributed by atoms with Crippen LogP contribution in [-0.4, -0.2) is 12.1 Å². The highest BCUT2D eigenvalue weighted by Crippen LogP contribution is 2.15. The van der Waals surface area contributed by atoms with E-state index in [0.717, 1.165) is 5.56 Å². The van der Waals surface area contributed by atoms with Crippen molar-refractivity contribution in [1.82, 2.24) is 4.98 Å². The third kappa shape index (κ3) is 3.19. The topological polar surface area (TPSA) is 57.9 Å². The fourth-order valence-electron chi connectivity index (χ4n) is 1.56. The summed E-state index contributed by atoms with van der Waals surface area (Å²) in [5.41, 5.74) is 1.61. The molecule has 1 N–H and O–H groups in total. The van der Waals surface area contributed by atoms with Crippen molar-refractivity contribution >= 4 is 5.69 Å². The van der Waals surface area contributed by atoms with Crippen LogP contribution in [0, 0.1) is 17.1 Å². The molecule has 0 saturated heterocycles. The van der Waals surface area contributed by atoms with E-state index in [0.29, 0.717) is 18.1 Å². The summed E-state index contributed by atoms with van der Waals surface area (Å²) in [7, 11) is 1.56. The SMILES string of the molecule is COc1ccc(CNc2ccc(C#N)c(F)c2)cn1. The molecule has 0 aliphatic carbocycles. The van der Waals surface area contributed by atoms with Crippen LogP contribution in [0.2, 0.25) is 0 Å². The average molecular weight is 257 g/mol. The van der Waals surface area contributed by atoms with Crippen LogP contribution in [0.1, 0.15) is 11.1 Å². The zero-order chi connectivity index (χ0) is 13.7. The fraction of sp³-hybridized carbons (Fsp3) is 0.143. The minimum Gasteiger partial charge on any atom is -0.481 e. The highest BCUT2D eigenvalue weighted by molar-refractivity contribution is 5.48. The van der Waals surface area contributed by atoms with Gasteiger partial charge < -0.3 is 10.1 Å². The van der Waals surface area contributed by atoms with Gasteiger partial charge in [-0.3, -0.25) is 0 Å². The molecule has 96 valence electrons. The van der Waals surface area contributed by atoms with Crippen molar-refractivity contribution in [2.45, 2.75) is 6.54 Å². The molecule has 5 heteroatoms. The van der Waals surface area contributed by atoms with Crippen LogP contribution >= 0.6 is 0 Å². The van der Waals surface area contributed by atoms with E-state index in [1.165, 1.54) is 12.1 Å². The number of aromatic nitrogens is 1. The lowest BCUT2D eigenvalue weighted by Crippen LogP contribution is -2.01. The van der Waals surface area contributed by atoms with Crippen molar-refractivity contribution in [3.8, 4) is 11.9 Å². The third-order valence-corrected chi connectivity index (χ3v) is 2.59. The van der Waals surface area contributed by atoms with Crippen molar-refractivity contribution in [2.75, 3.05) is 12.4 Å². The molecule has 2 rings (SSSR count). The molecule has 0 aliphatic rings. The van der Waals surface area contributed by atoms with Gasteiger partial charge in [-0.1, -0.05) is 6.07 Å². The van der Waals surface area contributed by atoms with Crippen LogP contribution in [0.25, 0.3) is 0 Å². The molecule has 4 nitrogen and oxygen atoms in total. The predicted molar refractivity (Wildman–Crippen MR) is 69.2 cm³/mol. The first-order valence-corrected chi connectivity index (χ1v) is 5.65. The van der Waals surface area contributed by atoms with E-state index in [-0.39, 0.29) is 5.56 Å². The van der Waals surface area contributed by atoms with Gasteiger partial charge in [0.2, 0.25) is 5.88 Å². The molecule has 0 bridgehead atoms. The number of ether oxygens (including phenoxy) is 1. The largest absolute Gasteiger partial charge is 0.481 e. The van der Waals surface area contributed by atoms with E-state index in [1.807, 2.05) is 6.07 Å². The van der Waals surface area contributed by atoms with Crippen molar-refractivity contribution in [2.24, 2.45) is 0 Å². The van der Waals surface area contributed by atoms with E-state index >= 15 is 0 Å². The van der Waals surface area contributed by atoms with E-state index in [9.17, 15) is 4.39 Å². The number of hydrogen-bond donors (Lipinski definition) is 1. The lowest BCUT2D eigenvalue weighted by Gasteiger charge is -2.07. The smallest absolute Gasteiger partial charge is 0.212 e. The van der Waals surface area contributed by atoms with Crippen LogP contribution in [0.15, 0.2) is 36.5 Å². The second-order valence-electron chi connectivity index (χ2n) is 3.87. The summed E-state index contributed by atoms with van der Waals surface area (Å²) in [6.07, 6.45) is 1.69. The number of benzene rings is 1. The van der Waals surface area contributed by atoms with Gasteiger partial charge >= 0.3 is 0 Å². The minimum atomic E-state index is -0.527. The Hall–Kier alpha value is -2.61. The first-order chi connectivity index (χ1) is 9.22. The van der Waals surface area contributed by atoms with Crippen molar-refractivity contribution in [3.63, 3.8) is 0 Å². The summed E-state index contributed by atoms with van der Waals surface area (Å²) in [6, 6.07) is 9.83. The molecule has 0 saturated carbocycles. The second-order valence-corrected chi connectivity index (χ2v) is 3.87. The number of nitriles is 1. The first kappa shape index (κ1) is 12.8. The Morgan fingerprint density at radius 2 is 2.21 bits per heavy atom. The molecule has 1 aromatic heterocycles. The van der Waals surface area contributed by atoms with Crippen molar-refractivity contribution < 1.29 is 9.13 Å². The van der Waals surface area contributed by atoms with E-state index in [1.54, 1.807) is 31.5 Å². The number of nitrogens with zero attached hydrogens (tertiary/aromatic N) is 2. The molecule has 0 radical (unpaired) electrons. The Bertz CT molecular complexity index is 605. The fourth-order valence-corrected chi connectivity index (χ4v) is 1.56. The predicted octanol–water partition coefficient (Wildman–Crippen LogP) is 2.71. The summed E-state index contributed by atoms with van der Waals surface area (Å²) in [5.74, 6) is 0.0218. The zero-order valence-electron chi connectivity index (χ0n) is 10.4. The van der Waals surface area contributed by atoms with Gasteiger partial charge in [-0.2, -0.15) is 5.26 Å². The molecule has 1 aromatic carbocycles. The van der Waals surface area contributed by atoms with Gasteiger partial charge in [-0.05, 0) is 23.8 Å². The molecule has 19 heavy (non-hydrogen) atoms. The van der Waals surface area contributed by atoms with Crippen molar-refractivity contribution in [3.05, 3.63) is 53.5 Å². The Kier molecular flexibility index (Phi) is 3.94. The van der Waals surface area contributed by atoms with Crippen LogP contribution in [0.5, 0.6) is 5.88 Å². The Morgan fingerprint density at radius 1 is 1.37 bits per heavy atom. The highest BCUT2D eigenvalue weighted by atomic mass is 19.1. The van der Waals surface area contributed by atoms with Crippen molar-refractivity contribution in [1.29, 1.82) is 5.26 Å². The van der Waals surface area contributed by atoms with Gasteiger partial charge in [0.15, 0.2) is 0 Å². The van der Waals surface area contributed by atoms with Crippen LogP contribution < -0.4 is 10.1 Å². The Morgan fingerprint density at radius 3 is 2.79 bits per heavy atom. The molecule has 2 aromatic rings. The highest BCUT2D eigenvalue weighted by Gasteiger charge is 2.02. The van der Waals surface area contributed by atoms with Gasteiger partial charge in [-0.25, -0.2) is 9.37 Å². The maximum Gasteiger partial charge on any atom is 0.212 e. The first-order valence-electron chi connectivity index (χ1n) is 5.65. The summed E-state index contributed by atoms with van der Waals surface area (Å²) in [6.45, 7) is 0.516. The lowest BCUT2D eigenvalue weighted by atomic mass is 10.2. The number of methoxy groups -OCH3 is 1. The van der Waals surface area contributed by atoms with Crippen LogP contribution in [0.4, 0.5) is 10.1 Å². The molecular weight excluding hydrogens is 245 g/mol. The summed E-state index contributed by atoms with van der Waals surface area (Å²) in [4.78, 5) is 4.08. The molecular formula is C14H12FN3O. The normalized spacial score (nSPS) is 9.74. The Balaban J connectivity index is 2.02. The summed E-state index contributed by atoms with van der Waals surface area (Å²) in [5, 5.41) is 11.7. The molecule has 0 amide bonds. The molecule has 0 spiro atoms. The monoisotopic (exact) mass is 257 g/mol. The lowest BCUT2D eigenvalue weighted by molar-refractivity contribution is 0.397. The van der Waals surface area contributed by atoms with Gasteiger partial charge in [0.05, 0.1) is 12.7 Å². The average Bonchev–Trinajstić information content (AvgIpc) is 2.46. The van der Waals surface area contributed by atoms with Gasteiger partial charge in [0, 0.05) is 24.5 Å². The number of rotatable bonds is 4. The number of anilines is 1. The van der Waals surface area contributed by atoms with Crippen LogP contribution in [-0.2, 0) is 6.54 Å². The molecule has 0 unspecified atom stereocenters. The van der Waals surface area contributed by atoms with Gasteiger partial charge in [0.25, 0.3) is 0 Å². The van der Waals surface area contributed by atoms with Crippen LogP contribution in [0.3, 0.4) is 0 Å². The van der Waals surface area contributed by atoms with E-state index in [2.05, 4.69) is 10.3 Å². The zero-order valence-corrected chi connectivity index (χ0v) is 10.4. The molecule has 0 fully saturated rings.